The van der Waals surface area contributed by atoms with E-state index < -0.39 is 22.7 Å². The maximum absolute atomic E-state index is 13.3. The van der Waals surface area contributed by atoms with E-state index in [0.717, 1.165) is 18.2 Å². The molecule has 0 fully saturated rings. The predicted octanol–water partition coefficient (Wildman–Crippen LogP) is 5.63. The van der Waals surface area contributed by atoms with Crippen LogP contribution in [0.2, 0.25) is 0 Å². The molecule has 0 amide bonds. The third kappa shape index (κ3) is 8.33. The quantitative estimate of drug-likeness (QED) is 0.336. The van der Waals surface area contributed by atoms with Crippen molar-refractivity contribution in [3.05, 3.63) is 71.5 Å². The molecule has 0 saturated carbocycles. The van der Waals surface area contributed by atoms with Crippen molar-refractivity contribution in [1.29, 1.82) is 0 Å². The average Bonchev–Trinajstić information content (AvgIpc) is 2.77. The van der Waals surface area contributed by atoms with Crippen LogP contribution in [-0.2, 0) is 23.6 Å². The van der Waals surface area contributed by atoms with Gasteiger partial charge >= 0.3 is 6.18 Å². The third-order valence-electron chi connectivity index (χ3n) is 5.02. The molecule has 176 valence electrons. The minimum Gasteiger partial charge on any atom is -0.380 e. The van der Waals surface area contributed by atoms with E-state index in [9.17, 15) is 17.4 Å². The summed E-state index contributed by atoms with van der Waals surface area (Å²) in [5.74, 6) is 6.35. The van der Waals surface area contributed by atoms with Crippen molar-refractivity contribution in [2.45, 2.75) is 51.0 Å². The van der Waals surface area contributed by atoms with E-state index in [0.29, 0.717) is 18.4 Å². The lowest BCUT2D eigenvalue weighted by atomic mass is 9.95. The van der Waals surface area contributed by atoms with Crippen LogP contribution in [0.5, 0.6) is 0 Å². The molecule has 0 aromatic heterocycles. The molecule has 32 heavy (non-hydrogen) atoms. The number of hydrogen-bond acceptors (Lipinski definition) is 2. The van der Waals surface area contributed by atoms with Gasteiger partial charge in [0, 0.05) is 31.3 Å². The number of rotatable bonds is 6. The molecule has 1 aromatic rings. The molecule has 0 aliphatic heterocycles. The molecule has 7 heteroatoms. The summed E-state index contributed by atoms with van der Waals surface area (Å²) < 4.78 is 51.2. The normalized spacial score (nSPS) is 19.5. The molecule has 0 spiro atoms. The molecule has 0 heterocycles. The van der Waals surface area contributed by atoms with Crippen molar-refractivity contribution in [2.24, 2.45) is 11.1 Å². The summed E-state index contributed by atoms with van der Waals surface area (Å²) in [7, 11) is 2.32. The zero-order valence-corrected chi connectivity index (χ0v) is 20.0. The van der Waals surface area contributed by atoms with Crippen LogP contribution < -0.4 is 5.14 Å². The van der Waals surface area contributed by atoms with Crippen molar-refractivity contribution in [3.8, 4) is 11.8 Å². The van der Waals surface area contributed by atoms with Gasteiger partial charge in [0.2, 0.25) is 0 Å². The Morgan fingerprint density at radius 2 is 1.91 bits per heavy atom. The summed E-state index contributed by atoms with van der Waals surface area (Å²) in [6, 6.07) is 5.65. The summed E-state index contributed by atoms with van der Waals surface area (Å²) in [5.41, 5.74) is 1.18. The third-order valence-corrected chi connectivity index (χ3v) is 6.01. The van der Waals surface area contributed by atoms with Gasteiger partial charge in [-0.15, -0.1) is 0 Å². The first-order valence-electron chi connectivity index (χ1n) is 10.7. The SMILES string of the molecule is C=C/C(C#CC1C=CC(S(N)=O)CC1)=C(/CCc1ccccc1C(F)(F)F)N(C)C.CC. The van der Waals surface area contributed by atoms with E-state index in [-0.39, 0.29) is 23.2 Å². The maximum atomic E-state index is 13.3. The zero-order valence-electron chi connectivity index (χ0n) is 19.2. The highest BCUT2D eigenvalue weighted by molar-refractivity contribution is 7.83. The summed E-state index contributed by atoms with van der Waals surface area (Å²) in [6.07, 6.45) is 3.15. The Morgan fingerprint density at radius 1 is 1.25 bits per heavy atom. The number of nitrogens with two attached hydrogens (primary N) is 1. The zero-order chi connectivity index (χ0) is 24.3. The standard InChI is InChI=1S/C23H27F3N2OS.C2H6/c1-4-18(12-9-17-10-14-20(15-11-17)30(27)29)22(28(2)3)16-13-19-7-5-6-8-21(19)23(24,25)26;1-2/h4-8,10,14,17,20H,1,11,13,15-16,27H2,2-3H3;1-2H3/b22-18+;. The Labute approximate surface area is 192 Å². The number of nitrogens with zero attached hydrogens (tertiary/aromatic N) is 1. The van der Waals surface area contributed by atoms with Crippen molar-refractivity contribution >= 4 is 11.0 Å². The predicted molar refractivity (Wildman–Crippen MR) is 128 cm³/mol. The number of halogens is 3. The molecule has 2 rings (SSSR count). The van der Waals surface area contributed by atoms with Gasteiger partial charge in [0.15, 0.2) is 0 Å². The molecule has 0 bridgehead atoms. The van der Waals surface area contributed by atoms with E-state index in [1.165, 1.54) is 12.1 Å². The first-order chi connectivity index (χ1) is 15.1. The minimum absolute atomic E-state index is 0.0223. The number of hydrogen-bond donors (Lipinski definition) is 1. The van der Waals surface area contributed by atoms with Crippen LogP contribution in [0.4, 0.5) is 13.2 Å². The Bertz CT molecular complexity index is 908. The number of benzene rings is 1. The lowest BCUT2D eigenvalue weighted by Crippen LogP contribution is -2.23. The molecular formula is C25H33F3N2OS. The van der Waals surface area contributed by atoms with Crippen LogP contribution >= 0.6 is 0 Å². The number of allylic oxidation sites excluding steroid dienone is 4. The summed E-state index contributed by atoms with van der Waals surface area (Å²) in [5, 5.41) is 5.30. The van der Waals surface area contributed by atoms with Gasteiger partial charge in [-0.1, -0.05) is 68.7 Å². The van der Waals surface area contributed by atoms with Crippen LogP contribution in [0.3, 0.4) is 0 Å². The van der Waals surface area contributed by atoms with E-state index >= 15 is 0 Å². The second kappa shape index (κ2) is 13.3. The van der Waals surface area contributed by atoms with Crippen LogP contribution in [0, 0.1) is 17.8 Å². The Kier molecular flexibility index (Phi) is 11.5. The fourth-order valence-corrected chi connectivity index (χ4v) is 4.00. The van der Waals surface area contributed by atoms with E-state index in [2.05, 4.69) is 18.4 Å². The summed E-state index contributed by atoms with van der Waals surface area (Å²) in [6.45, 7) is 7.83. The van der Waals surface area contributed by atoms with Gasteiger partial charge in [-0.2, -0.15) is 13.2 Å². The number of aryl methyl sites for hydroxylation is 1. The molecular weight excluding hydrogens is 433 g/mol. The van der Waals surface area contributed by atoms with Crippen LogP contribution in [0.15, 0.2) is 60.3 Å². The lowest BCUT2D eigenvalue weighted by Gasteiger charge is -2.20. The molecule has 0 radical (unpaired) electrons. The topological polar surface area (TPSA) is 46.3 Å². The second-order valence-corrected chi connectivity index (χ2v) is 8.58. The Morgan fingerprint density at radius 3 is 2.41 bits per heavy atom. The minimum atomic E-state index is -4.38. The van der Waals surface area contributed by atoms with Gasteiger partial charge in [0.05, 0.1) is 21.8 Å². The Hall–Kier alpha value is -2.30. The van der Waals surface area contributed by atoms with Crippen LogP contribution in [0.25, 0.3) is 0 Å². The molecule has 2 N–H and O–H groups in total. The van der Waals surface area contributed by atoms with E-state index in [1.54, 1.807) is 12.1 Å². The maximum Gasteiger partial charge on any atom is 0.416 e. The fraction of sp³-hybridized carbons (Fsp3) is 0.440. The van der Waals surface area contributed by atoms with Crippen molar-refractivity contribution in [2.75, 3.05) is 14.1 Å². The van der Waals surface area contributed by atoms with Crippen molar-refractivity contribution in [3.63, 3.8) is 0 Å². The molecule has 0 saturated heterocycles. The van der Waals surface area contributed by atoms with Crippen molar-refractivity contribution < 1.29 is 17.4 Å². The largest absolute Gasteiger partial charge is 0.416 e. The first kappa shape index (κ1) is 27.7. The molecule has 1 aromatic carbocycles. The first-order valence-corrected chi connectivity index (χ1v) is 11.9. The van der Waals surface area contributed by atoms with Gasteiger partial charge in [0.1, 0.15) is 0 Å². The molecule has 1 aliphatic carbocycles. The fourth-order valence-electron chi connectivity index (χ4n) is 3.39. The molecule has 3 atom stereocenters. The highest BCUT2D eigenvalue weighted by Crippen LogP contribution is 2.33. The number of alkyl halides is 3. The Balaban J connectivity index is 0.00000249. The van der Waals surface area contributed by atoms with E-state index in [1.807, 2.05) is 45.0 Å². The molecule has 1 aliphatic rings. The summed E-state index contributed by atoms with van der Waals surface area (Å²) >= 11 is 0. The van der Waals surface area contributed by atoms with Gasteiger partial charge < -0.3 is 4.90 Å². The van der Waals surface area contributed by atoms with Crippen LogP contribution in [0.1, 0.15) is 44.2 Å². The smallest absolute Gasteiger partial charge is 0.380 e. The van der Waals surface area contributed by atoms with Crippen molar-refractivity contribution in [1.82, 2.24) is 4.90 Å². The van der Waals surface area contributed by atoms with Gasteiger partial charge in [-0.25, -0.2) is 4.21 Å². The van der Waals surface area contributed by atoms with E-state index in [4.69, 9.17) is 5.14 Å². The highest BCUT2D eigenvalue weighted by Gasteiger charge is 2.32. The monoisotopic (exact) mass is 466 g/mol. The lowest BCUT2D eigenvalue weighted by molar-refractivity contribution is -0.138. The summed E-state index contributed by atoms with van der Waals surface area (Å²) in [4.78, 5) is 1.87. The highest BCUT2D eigenvalue weighted by atomic mass is 32.2. The van der Waals surface area contributed by atoms with Gasteiger partial charge in [-0.05, 0) is 37.3 Å². The van der Waals surface area contributed by atoms with Crippen LogP contribution in [-0.4, -0.2) is 28.5 Å². The second-order valence-electron chi connectivity index (χ2n) is 7.32. The molecule has 3 unspecified atom stereocenters. The molecule has 3 nitrogen and oxygen atoms in total. The van der Waals surface area contributed by atoms with Gasteiger partial charge in [0.25, 0.3) is 0 Å². The average molecular weight is 467 g/mol. The van der Waals surface area contributed by atoms with Gasteiger partial charge in [-0.3, -0.25) is 5.14 Å².